The van der Waals surface area contributed by atoms with Crippen molar-refractivity contribution in [3.8, 4) is 0 Å². The molecule has 0 spiro atoms. The lowest BCUT2D eigenvalue weighted by Crippen LogP contribution is -2.30. The normalized spacial score (nSPS) is 12.9. The van der Waals surface area contributed by atoms with Gasteiger partial charge in [0, 0.05) is 19.3 Å². The first kappa shape index (κ1) is 72.8. The molecule has 0 saturated heterocycles. The number of unbranched alkanes of at least 4 members (excludes halogenated alkanes) is 26. The Morgan fingerprint density at radius 2 is 0.506 bits per heavy atom. The lowest BCUT2D eigenvalue weighted by Gasteiger charge is -2.18. The maximum Gasteiger partial charge on any atom is 0.306 e. The molecule has 77 heavy (non-hydrogen) atoms. The van der Waals surface area contributed by atoms with Crippen LogP contribution >= 0.6 is 0 Å². The van der Waals surface area contributed by atoms with Crippen molar-refractivity contribution in [3.05, 3.63) is 122 Å². The fraction of sp³-hybridized carbons (Fsp3) is 0.676. The van der Waals surface area contributed by atoms with Gasteiger partial charge in [-0.15, -0.1) is 0 Å². The second-order valence-corrected chi connectivity index (χ2v) is 20.9. The van der Waals surface area contributed by atoms with Crippen molar-refractivity contribution in [1.29, 1.82) is 0 Å². The van der Waals surface area contributed by atoms with Gasteiger partial charge in [-0.3, -0.25) is 14.4 Å². The molecular formula is C71H118O6. The van der Waals surface area contributed by atoms with E-state index in [1.165, 1.54) is 116 Å². The molecule has 0 rings (SSSR count). The number of rotatable bonds is 57. The topological polar surface area (TPSA) is 78.9 Å². The van der Waals surface area contributed by atoms with Gasteiger partial charge < -0.3 is 14.2 Å². The van der Waals surface area contributed by atoms with E-state index in [9.17, 15) is 14.4 Å². The van der Waals surface area contributed by atoms with Gasteiger partial charge in [0.1, 0.15) is 13.2 Å². The van der Waals surface area contributed by atoms with Gasteiger partial charge in [0.2, 0.25) is 0 Å². The van der Waals surface area contributed by atoms with Crippen LogP contribution in [0.15, 0.2) is 122 Å². The standard InChI is InChI=1S/C71H118O6/c1-4-7-10-13-16-19-22-25-28-31-32-33-34-35-36-37-38-41-43-46-49-52-55-58-61-64-70(73)76-67-68(77-71(74)65-62-59-56-53-50-47-44-40-30-27-24-21-18-15-12-9-6-3)66-75-69(72)63-60-57-54-51-48-45-42-39-29-26-23-20-17-14-11-8-5-2/h7,9-10,12,16,18-19,21,25-30,32-33,35-36,38,41,68H,4-6,8,11,13-15,17,20,22-24,31,34,37,39-40,42-67H2,1-3H3/b10-7-,12-9-,19-16-,21-18-,28-25-,29-26-,30-27-,33-32-,36-35-,41-38-. The van der Waals surface area contributed by atoms with Crippen molar-refractivity contribution in [2.45, 2.75) is 297 Å². The van der Waals surface area contributed by atoms with Crippen molar-refractivity contribution in [1.82, 2.24) is 0 Å². The van der Waals surface area contributed by atoms with E-state index in [-0.39, 0.29) is 31.1 Å². The summed E-state index contributed by atoms with van der Waals surface area (Å²) < 4.78 is 16.9. The first-order chi connectivity index (χ1) is 38.0. The average molecular weight is 1070 g/mol. The maximum absolute atomic E-state index is 12.9. The molecule has 0 heterocycles. The molecule has 0 saturated carbocycles. The molecule has 0 fully saturated rings. The Morgan fingerprint density at radius 3 is 0.805 bits per heavy atom. The lowest BCUT2D eigenvalue weighted by molar-refractivity contribution is -0.167. The third-order valence-corrected chi connectivity index (χ3v) is 13.4. The molecular weight excluding hydrogens is 949 g/mol. The maximum atomic E-state index is 12.9. The molecule has 0 aromatic heterocycles. The first-order valence-corrected chi connectivity index (χ1v) is 32.0. The number of esters is 3. The van der Waals surface area contributed by atoms with Gasteiger partial charge in [-0.2, -0.15) is 0 Å². The highest BCUT2D eigenvalue weighted by atomic mass is 16.6. The molecule has 438 valence electrons. The van der Waals surface area contributed by atoms with Gasteiger partial charge in [-0.1, -0.05) is 264 Å². The van der Waals surface area contributed by atoms with E-state index < -0.39 is 6.10 Å². The summed E-state index contributed by atoms with van der Waals surface area (Å²) in [7, 11) is 0. The summed E-state index contributed by atoms with van der Waals surface area (Å²) in [6.07, 6.45) is 89.1. The molecule has 0 aliphatic heterocycles. The molecule has 0 radical (unpaired) electrons. The van der Waals surface area contributed by atoms with E-state index in [0.29, 0.717) is 19.3 Å². The number of carbonyl (C=O) groups excluding carboxylic acids is 3. The Labute approximate surface area is 475 Å². The van der Waals surface area contributed by atoms with Crippen molar-refractivity contribution in [3.63, 3.8) is 0 Å². The van der Waals surface area contributed by atoms with Crippen molar-refractivity contribution >= 4 is 17.9 Å². The number of hydrogen-bond acceptors (Lipinski definition) is 6. The largest absolute Gasteiger partial charge is 0.462 e. The van der Waals surface area contributed by atoms with Crippen LogP contribution < -0.4 is 0 Å². The third-order valence-electron chi connectivity index (χ3n) is 13.4. The number of hydrogen-bond donors (Lipinski definition) is 0. The van der Waals surface area contributed by atoms with E-state index in [0.717, 1.165) is 135 Å². The van der Waals surface area contributed by atoms with E-state index in [1.807, 2.05) is 0 Å². The minimum atomic E-state index is -0.796. The summed E-state index contributed by atoms with van der Waals surface area (Å²) >= 11 is 0. The summed E-state index contributed by atoms with van der Waals surface area (Å²) in [6.45, 7) is 6.40. The Hall–Kier alpha value is -4.19. The highest BCUT2D eigenvalue weighted by Gasteiger charge is 2.19. The van der Waals surface area contributed by atoms with Crippen molar-refractivity contribution < 1.29 is 28.6 Å². The highest BCUT2D eigenvalue weighted by molar-refractivity contribution is 5.71. The summed E-state index contributed by atoms with van der Waals surface area (Å²) in [6, 6.07) is 0. The Balaban J connectivity index is 4.42. The molecule has 0 N–H and O–H groups in total. The van der Waals surface area contributed by atoms with E-state index in [1.54, 1.807) is 0 Å². The molecule has 1 unspecified atom stereocenters. The zero-order valence-corrected chi connectivity index (χ0v) is 50.2. The zero-order valence-electron chi connectivity index (χ0n) is 50.2. The van der Waals surface area contributed by atoms with E-state index in [4.69, 9.17) is 14.2 Å². The van der Waals surface area contributed by atoms with Crippen LogP contribution in [0.2, 0.25) is 0 Å². The van der Waals surface area contributed by atoms with E-state index in [2.05, 4.69) is 142 Å². The molecule has 0 aromatic carbocycles. The van der Waals surface area contributed by atoms with Crippen LogP contribution in [-0.2, 0) is 28.6 Å². The molecule has 0 aliphatic carbocycles. The molecule has 0 aliphatic rings. The van der Waals surface area contributed by atoms with Gasteiger partial charge >= 0.3 is 17.9 Å². The van der Waals surface area contributed by atoms with Gasteiger partial charge in [0.05, 0.1) is 0 Å². The average Bonchev–Trinajstić information content (AvgIpc) is 3.43. The fourth-order valence-electron chi connectivity index (χ4n) is 8.69. The number of carbonyl (C=O) groups is 3. The molecule has 6 nitrogen and oxygen atoms in total. The Bertz CT molecular complexity index is 1600. The second kappa shape index (κ2) is 64.3. The Morgan fingerprint density at radius 1 is 0.273 bits per heavy atom. The lowest BCUT2D eigenvalue weighted by atomic mass is 10.1. The van der Waals surface area contributed by atoms with Crippen molar-refractivity contribution in [2.75, 3.05) is 13.2 Å². The first-order valence-electron chi connectivity index (χ1n) is 32.0. The molecule has 6 heteroatoms. The summed E-state index contributed by atoms with van der Waals surface area (Å²) in [5.41, 5.74) is 0. The Kier molecular flexibility index (Phi) is 60.8. The minimum absolute atomic E-state index is 0.0909. The quantitative estimate of drug-likeness (QED) is 0.0261. The van der Waals surface area contributed by atoms with E-state index >= 15 is 0 Å². The number of allylic oxidation sites excluding steroid dienone is 20. The van der Waals surface area contributed by atoms with Crippen LogP contribution in [-0.4, -0.2) is 37.2 Å². The zero-order chi connectivity index (χ0) is 55.7. The SMILES string of the molecule is CC/C=C\C/C=C\C/C=C\C/C=C\C/C=C\C/C=C\CCCCCCCCC(=O)OCC(COC(=O)CCCCCCCCC/C=C\CCCCCCCC)OC(=O)CCCCCCCCC/C=C\C/C=C\C/C=C\CC. The van der Waals surface area contributed by atoms with Crippen LogP contribution in [0.5, 0.6) is 0 Å². The highest BCUT2D eigenvalue weighted by Crippen LogP contribution is 2.15. The van der Waals surface area contributed by atoms with Crippen LogP contribution in [0, 0.1) is 0 Å². The van der Waals surface area contributed by atoms with Crippen molar-refractivity contribution in [2.24, 2.45) is 0 Å². The van der Waals surface area contributed by atoms with Gasteiger partial charge in [-0.05, 0) is 128 Å². The summed E-state index contributed by atoms with van der Waals surface area (Å²) in [5.74, 6) is -0.915. The smallest absolute Gasteiger partial charge is 0.306 e. The van der Waals surface area contributed by atoms with Crippen LogP contribution in [0.1, 0.15) is 290 Å². The predicted molar refractivity (Wildman–Crippen MR) is 334 cm³/mol. The van der Waals surface area contributed by atoms with Crippen LogP contribution in [0.4, 0.5) is 0 Å². The fourth-order valence-corrected chi connectivity index (χ4v) is 8.69. The van der Waals surface area contributed by atoms with Gasteiger partial charge in [0.15, 0.2) is 6.10 Å². The molecule has 1 atom stereocenters. The molecule has 0 amide bonds. The van der Waals surface area contributed by atoms with Gasteiger partial charge in [-0.25, -0.2) is 0 Å². The third kappa shape index (κ3) is 62.5. The monoisotopic (exact) mass is 1070 g/mol. The predicted octanol–water partition coefficient (Wildman–Crippen LogP) is 22.0. The van der Waals surface area contributed by atoms with Crippen LogP contribution in [0.25, 0.3) is 0 Å². The second-order valence-electron chi connectivity index (χ2n) is 20.9. The minimum Gasteiger partial charge on any atom is -0.462 e. The van der Waals surface area contributed by atoms with Gasteiger partial charge in [0.25, 0.3) is 0 Å². The number of ether oxygens (including phenoxy) is 3. The molecule has 0 aromatic rings. The molecule has 0 bridgehead atoms. The van der Waals surface area contributed by atoms with Crippen LogP contribution in [0.3, 0.4) is 0 Å². The summed E-state index contributed by atoms with van der Waals surface area (Å²) in [5, 5.41) is 0. The summed E-state index contributed by atoms with van der Waals surface area (Å²) in [4.78, 5) is 38.4.